The molecule has 1 saturated carbocycles. The number of carbonyl (C=O) groups is 1. The summed E-state index contributed by atoms with van der Waals surface area (Å²) in [5.41, 5.74) is 5.79. The Morgan fingerprint density at radius 3 is 3.05 bits per heavy atom. The van der Waals surface area contributed by atoms with E-state index in [1.165, 1.54) is 0 Å². The van der Waals surface area contributed by atoms with Crippen molar-refractivity contribution in [3.8, 4) is 5.75 Å². The Hall–Kier alpha value is -1.59. The molecular weight excluding hydrogens is 258 g/mol. The van der Waals surface area contributed by atoms with E-state index in [0.29, 0.717) is 19.4 Å². The predicted octanol–water partition coefficient (Wildman–Crippen LogP) is 1.94. The van der Waals surface area contributed by atoms with E-state index in [2.05, 4.69) is 0 Å². The fourth-order valence-electron chi connectivity index (χ4n) is 2.62. The van der Waals surface area contributed by atoms with E-state index in [1.54, 1.807) is 7.11 Å². The lowest BCUT2D eigenvalue weighted by atomic mass is 9.81. The SMILES string of the molecule is COCc1cccc(OC2CCCC(N)(C(=O)O)C2)c1. The molecule has 1 aliphatic carbocycles. The van der Waals surface area contributed by atoms with E-state index in [-0.39, 0.29) is 6.10 Å². The van der Waals surface area contributed by atoms with Crippen LogP contribution in [0.4, 0.5) is 0 Å². The molecule has 2 atom stereocenters. The molecule has 0 radical (unpaired) electrons. The minimum absolute atomic E-state index is 0.150. The Kier molecular flexibility index (Phi) is 4.62. The highest BCUT2D eigenvalue weighted by Gasteiger charge is 2.40. The quantitative estimate of drug-likeness (QED) is 0.860. The lowest BCUT2D eigenvalue weighted by Gasteiger charge is -2.34. The van der Waals surface area contributed by atoms with Crippen LogP contribution in [0.15, 0.2) is 24.3 Å². The molecule has 0 bridgehead atoms. The monoisotopic (exact) mass is 279 g/mol. The van der Waals surface area contributed by atoms with Crippen molar-refractivity contribution in [3.63, 3.8) is 0 Å². The Morgan fingerprint density at radius 1 is 1.55 bits per heavy atom. The molecule has 110 valence electrons. The molecule has 1 aliphatic rings. The van der Waals surface area contributed by atoms with Gasteiger partial charge in [0, 0.05) is 13.5 Å². The van der Waals surface area contributed by atoms with Gasteiger partial charge in [0.25, 0.3) is 0 Å². The van der Waals surface area contributed by atoms with Gasteiger partial charge in [0.15, 0.2) is 0 Å². The van der Waals surface area contributed by atoms with Crippen LogP contribution >= 0.6 is 0 Å². The normalized spacial score (nSPS) is 26.2. The number of benzene rings is 1. The van der Waals surface area contributed by atoms with Gasteiger partial charge in [-0.2, -0.15) is 0 Å². The minimum Gasteiger partial charge on any atom is -0.490 e. The van der Waals surface area contributed by atoms with Gasteiger partial charge >= 0.3 is 5.97 Å². The van der Waals surface area contributed by atoms with Gasteiger partial charge in [0.05, 0.1) is 6.61 Å². The molecule has 0 aliphatic heterocycles. The van der Waals surface area contributed by atoms with Crippen molar-refractivity contribution in [2.45, 2.75) is 43.9 Å². The summed E-state index contributed by atoms with van der Waals surface area (Å²) in [5.74, 6) is -0.210. The molecule has 0 amide bonds. The van der Waals surface area contributed by atoms with Crippen LogP contribution in [-0.2, 0) is 16.1 Å². The summed E-state index contributed by atoms with van der Waals surface area (Å²) in [4.78, 5) is 11.2. The molecule has 20 heavy (non-hydrogen) atoms. The van der Waals surface area contributed by atoms with Crippen molar-refractivity contribution in [2.24, 2.45) is 5.73 Å². The van der Waals surface area contributed by atoms with Crippen LogP contribution in [0.1, 0.15) is 31.2 Å². The maximum Gasteiger partial charge on any atom is 0.323 e. The summed E-state index contributed by atoms with van der Waals surface area (Å²) in [6.45, 7) is 0.526. The Balaban J connectivity index is 2.02. The smallest absolute Gasteiger partial charge is 0.323 e. The van der Waals surface area contributed by atoms with Crippen LogP contribution in [0.2, 0.25) is 0 Å². The molecule has 1 fully saturated rings. The second kappa shape index (κ2) is 6.24. The van der Waals surface area contributed by atoms with Crippen molar-refractivity contribution < 1.29 is 19.4 Å². The van der Waals surface area contributed by atoms with Gasteiger partial charge in [-0.25, -0.2) is 0 Å². The van der Waals surface area contributed by atoms with E-state index in [9.17, 15) is 9.90 Å². The predicted molar refractivity (Wildman–Crippen MR) is 74.6 cm³/mol. The number of carboxylic acids is 1. The zero-order valence-corrected chi connectivity index (χ0v) is 11.7. The van der Waals surface area contributed by atoms with Crippen molar-refractivity contribution in [1.29, 1.82) is 0 Å². The summed E-state index contributed by atoms with van der Waals surface area (Å²) >= 11 is 0. The molecular formula is C15H21NO4. The zero-order valence-electron chi connectivity index (χ0n) is 11.7. The molecule has 2 rings (SSSR count). The summed E-state index contributed by atoms with van der Waals surface area (Å²) in [7, 11) is 1.64. The van der Waals surface area contributed by atoms with Gasteiger partial charge in [-0.1, -0.05) is 12.1 Å². The maximum absolute atomic E-state index is 11.2. The molecule has 0 aromatic heterocycles. The first-order valence-electron chi connectivity index (χ1n) is 6.80. The van der Waals surface area contributed by atoms with Crippen molar-refractivity contribution >= 4 is 5.97 Å². The third-order valence-electron chi connectivity index (χ3n) is 3.68. The number of hydrogen-bond donors (Lipinski definition) is 2. The lowest BCUT2D eigenvalue weighted by molar-refractivity contribution is -0.145. The number of aliphatic carboxylic acids is 1. The highest BCUT2D eigenvalue weighted by atomic mass is 16.5. The first-order chi connectivity index (χ1) is 9.53. The van der Waals surface area contributed by atoms with E-state index >= 15 is 0 Å². The van der Waals surface area contributed by atoms with Crippen LogP contribution in [0.3, 0.4) is 0 Å². The van der Waals surface area contributed by atoms with Crippen LogP contribution in [-0.4, -0.2) is 29.8 Å². The van der Waals surface area contributed by atoms with Gasteiger partial charge in [-0.05, 0) is 37.0 Å². The lowest BCUT2D eigenvalue weighted by Crippen LogP contribution is -2.53. The van der Waals surface area contributed by atoms with Crippen molar-refractivity contribution in [3.05, 3.63) is 29.8 Å². The van der Waals surface area contributed by atoms with E-state index in [0.717, 1.165) is 24.2 Å². The second-order valence-corrected chi connectivity index (χ2v) is 5.38. The van der Waals surface area contributed by atoms with Crippen LogP contribution in [0.25, 0.3) is 0 Å². The summed E-state index contributed by atoms with van der Waals surface area (Å²) in [6.07, 6.45) is 2.30. The van der Waals surface area contributed by atoms with Gasteiger partial charge in [0.2, 0.25) is 0 Å². The molecule has 1 aromatic rings. The highest BCUT2D eigenvalue weighted by Crippen LogP contribution is 2.30. The van der Waals surface area contributed by atoms with Gasteiger partial charge in [-0.3, -0.25) is 4.79 Å². The first-order valence-corrected chi connectivity index (χ1v) is 6.80. The van der Waals surface area contributed by atoms with E-state index < -0.39 is 11.5 Å². The molecule has 5 heteroatoms. The van der Waals surface area contributed by atoms with Crippen LogP contribution in [0.5, 0.6) is 5.75 Å². The second-order valence-electron chi connectivity index (χ2n) is 5.38. The van der Waals surface area contributed by atoms with Crippen molar-refractivity contribution in [2.75, 3.05) is 7.11 Å². The maximum atomic E-state index is 11.2. The third-order valence-corrected chi connectivity index (χ3v) is 3.68. The van der Waals surface area contributed by atoms with Gasteiger partial charge < -0.3 is 20.3 Å². The van der Waals surface area contributed by atoms with Crippen molar-refractivity contribution in [1.82, 2.24) is 0 Å². The average Bonchev–Trinajstić information content (AvgIpc) is 2.39. The number of nitrogens with two attached hydrogens (primary N) is 1. The minimum atomic E-state index is -1.16. The van der Waals surface area contributed by atoms with Crippen LogP contribution < -0.4 is 10.5 Å². The third kappa shape index (κ3) is 3.49. The average molecular weight is 279 g/mol. The number of hydrogen-bond acceptors (Lipinski definition) is 4. The number of carboxylic acid groups (broad SMARTS) is 1. The van der Waals surface area contributed by atoms with Gasteiger partial charge in [-0.15, -0.1) is 0 Å². The largest absolute Gasteiger partial charge is 0.490 e. The Bertz CT molecular complexity index is 477. The number of rotatable bonds is 5. The Labute approximate surface area is 118 Å². The molecule has 5 nitrogen and oxygen atoms in total. The molecule has 0 spiro atoms. The topological polar surface area (TPSA) is 81.8 Å². The summed E-state index contributed by atoms with van der Waals surface area (Å²) in [6, 6.07) is 7.64. The van der Waals surface area contributed by atoms with Gasteiger partial charge in [0.1, 0.15) is 17.4 Å². The standard InChI is InChI=1S/C15H21NO4/c1-19-10-11-4-2-5-12(8-11)20-13-6-3-7-15(16,9-13)14(17)18/h2,4-5,8,13H,3,6-7,9-10,16H2,1H3,(H,17,18). The zero-order chi connectivity index (χ0) is 14.6. The number of ether oxygens (including phenoxy) is 2. The fraction of sp³-hybridized carbons (Fsp3) is 0.533. The molecule has 0 heterocycles. The summed E-state index contributed by atoms with van der Waals surface area (Å²) in [5, 5.41) is 9.20. The number of methoxy groups -OCH3 is 1. The van der Waals surface area contributed by atoms with Crippen LogP contribution in [0, 0.1) is 0 Å². The first kappa shape index (κ1) is 14.8. The molecule has 0 saturated heterocycles. The van der Waals surface area contributed by atoms with E-state index in [1.807, 2.05) is 24.3 Å². The molecule has 1 aromatic carbocycles. The van der Waals surface area contributed by atoms with E-state index in [4.69, 9.17) is 15.2 Å². The molecule has 3 N–H and O–H groups in total. The highest BCUT2D eigenvalue weighted by molar-refractivity contribution is 5.78. The molecule has 2 unspecified atom stereocenters. The summed E-state index contributed by atoms with van der Waals surface area (Å²) < 4.78 is 11.0. The Morgan fingerprint density at radius 2 is 2.35 bits per heavy atom. The fourth-order valence-corrected chi connectivity index (χ4v) is 2.62.